The Bertz CT molecular complexity index is 1290. The van der Waals surface area contributed by atoms with Crippen molar-refractivity contribution >= 4 is 28.4 Å². The lowest BCUT2D eigenvalue weighted by Crippen LogP contribution is -2.35. The van der Waals surface area contributed by atoms with Crippen molar-refractivity contribution in [1.29, 1.82) is 0 Å². The van der Waals surface area contributed by atoms with Gasteiger partial charge in [0.15, 0.2) is 5.69 Å². The van der Waals surface area contributed by atoms with Crippen molar-refractivity contribution in [3.8, 4) is 0 Å². The van der Waals surface area contributed by atoms with E-state index in [1.165, 1.54) is 12.8 Å². The number of rotatable bonds is 7. The van der Waals surface area contributed by atoms with Crippen LogP contribution < -0.4 is 10.7 Å². The number of morpholine rings is 1. The van der Waals surface area contributed by atoms with Gasteiger partial charge in [0, 0.05) is 38.2 Å². The monoisotopic (exact) mass is 494 g/mol. The van der Waals surface area contributed by atoms with Crippen LogP contribution in [0.1, 0.15) is 52.9 Å². The molecule has 2 aromatic carbocycles. The van der Waals surface area contributed by atoms with Gasteiger partial charge in [-0.05, 0) is 59.6 Å². The summed E-state index contributed by atoms with van der Waals surface area (Å²) in [6, 6.07) is 11.4. The third kappa shape index (κ3) is 5.27. The highest BCUT2D eigenvalue weighted by atomic mass is 35.5. The van der Waals surface area contributed by atoms with Gasteiger partial charge in [0.1, 0.15) is 0 Å². The third-order valence-corrected chi connectivity index (χ3v) is 7.40. The van der Waals surface area contributed by atoms with Gasteiger partial charge in [-0.25, -0.2) is 0 Å². The molecule has 1 atom stereocenters. The Hall–Kier alpha value is -2.74. The summed E-state index contributed by atoms with van der Waals surface area (Å²) in [5.74, 6) is 0.492. The van der Waals surface area contributed by atoms with Crippen molar-refractivity contribution in [1.82, 2.24) is 20.0 Å². The van der Waals surface area contributed by atoms with Crippen molar-refractivity contribution in [2.75, 3.05) is 26.3 Å². The van der Waals surface area contributed by atoms with Crippen LogP contribution in [-0.4, -0.2) is 46.9 Å². The molecule has 2 fully saturated rings. The van der Waals surface area contributed by atoms with E-state index < -0.39 is 5.91 Å². The minimum absolute atomic E-state index is 0.0810. The highest BCUT2D eigenvalue weighted by molar-refractivity contribution is 6.30. The Morgan fingerprint density at radius 2 is 1.89 bits per heavy atom. The molecule has 8 heteroatoms. The number of hydrogen-bond donors (Lipinski definition) is 1. The molecule has 1 aliphatic carbocycles. The molecule has 1 saturated heterocycles. The quantitative estimate of drug-likeness (QED) is 0.539. The van der Waals surface area contributed by atoms with Crippen LogP contribution in [0.4, 0.5) is 0 Å². The van der Waals surface area contributed by atoms with Crippen LogP contribution >= 0.6 is 11.6 Å². The molecule has 35 heavy (non-hydrogen) atoms. The van der Waals surface area contributed by atoms with Crippen LogP contribution in [0.5, 0.6) is 0 Å². The second-order valence-electron chi connectivity index (χ2n) is 9.71. The molecule has 1 unspecified atom stereocenters. The number of nitrogens with one attached hydrogen (secondary N) is 1. The number of aryl methyl sites for hydroxylation is 1. The van der Waals surface area contributed by atoms with Crippen LogP contribution in [0.2, 0.25) is 5.02 Å². The standard InChI is InChI=1S/C27H31ClN4O3/c1-17(20-5-6-20)22-13-19(16-32-9-11-35-12-10-32)14-23-25(22)31(2)30-24(26(23)33)27(34)29-15-18-3-7-21(28)8-4-18/h3-4,7-8,13-14,17,20H,5-6,9-12,15-16H2,1-2H3,(H,29,34). The molecule has 2 aliphatic rings. The molecular weight excluding hydrogens is 464 g/mol. The number of fused-ring (bicyclic) bond motifs is 1. The molecule has 1 aliphatic heterocycles. The number of halogens is 1. The third-order valence-electron chi connectivity index (χ3n) is 7.14. The lowest BCUT2D eigenvalue weighted by Gasteiger charge is -2.27. The molecule has 3 aromatic rings. The maximum atomic E-state index is 13.6. The van der Waals surface area contributed by atoms with Gasteiger partial charge in [0.2, 0.25) is 5.43 Å². The number of aromatic nitrogens is 2. The van der Waals surface area contributed by atoms with E-state index in [4.69, 9.17) is 16.3 Å². The van der Waals surface area contributed by atoms with E-state index in [1.807, 2.05) is 25.2 Å². The van der Waals surface area contributed by atoms with E-state index in [-0.39, 0.29) is 11.1 Å². The fourth-order valence-electron chi connectivity index (χ4n) is 4.95. The van der Waals surface area contributed by atoms with E-state index in [2.05, 4.69) is 28.3 Å². The van der Waals surface area contributed by atoms with Crippen molar-refractivity contribution in [3.05, 3.63) is 74.0 Å². The first kappa shape index (κ1) is 24.0. The van der Waals surface area contributed by atoms with E-state index in [0.29, 0.717) is 28.8 Å². The molecule has 1 amide bonds. The van der Waals surface area contributed by atoms with E-state index in [9.17, 15) is 9.59 Å². The summed E-state index contributed by atoms with van der Waals surface area (Å²) in [5, 5.41) is 8.47. The molecule has 5 rings (SSSR count). The van der Waals surface area contributed by atoms with Crippen LogP contribution in [0, 0.1) is 5.92 Å². The fraction of sp³-hybridized carbons (Fsp3) is 0.444. The zero-order chi connectivity index (χ0) is 24.5. The lowest BCUT2D eigenvalue weighted by molar-refractivity contribution is 0.0342. The van der Waals surface area contributed by atoms with Crippen molar-refractivity contribution in [3.63, 3.8) is 0 Å². The minimum atomic E-state index is -0.474. The number of carbonyl (C=O) groups excluding carboxylic acids is 1. The molecule has 1 aromatic heterocycles. The normalized spacial score (nSPS) is 17.5. The second-order valence-corrected chi connectivity index (χ2v) is 10.1. The minimum Gasteiger partial charge on any atom is -0.379 e. The summed E-state index contributed by atoms with van der Waals surface area (Å²) < 4.78 is 7.20. The van der Waals surface area contributed by atoms with Crippen molar-refractivity contribution in [2.24, 2.45) is 13.0 Å². The Kier molecular flexibility index (Phi) is 6.91. The Morgan fingerprint density at radius 3 is 2.57 bits per heavy atom. The summed E-state index contributed by atoms with van der Waals surface area (Å²) in [6.45, 7) is 6.48. The number of nitrogens with zero attached hydrogens (tertiary/aromatic N) is 3. The molecule has 0 radical (unpaired) electrons. The van der Waals surface area contributed by atoms with Crippen LogP contribution in [0.3, 0.4) is 0 Å². The van der Waals surface area contributed by atoms with Crippen molar-refractivity contribution < 1.29 is 9.53 Å². The summed E-state index contributed by atoms with van der Waals surface area (Å²) in [7, 11) is 1.82. The first-order valence-corrected chi connectivity index (χ1v) is 12.6. The predicted molar refractivity (Wildman–Crippen MR) is 137 cm³/mol. The molecule has 0 bridgehead atoms. The smallest absolute Gasteiger partial charge is 0.276 e. The van der Waals surface area contributed by atoms with Gasteiger partial charge in [0.25, 0.3) is 5.91 Å². The molecule has 184 valence electrons. The lowest BCUT2D eigenvalue weighted by atomic mass is 9.91. The van der Waals surface area contributed by atoms with Crippen LogP contribution in [-0.2, 0) is 24.9 Å². The van der Waals surface area contributed by atoms with Gasteiger partial charge >= 0.3 is 0 Å². The van der Waals surface area contributed by atoms with E-state index in [0.717, 1.165) is 55.1 Å². The van der Waals surface area contributed by atoms with Gasteiger partial charge < -0.3 is 10.1 Å². The summed E-state index contributed by atoms with van der Waals surface area (Å²) in [4.78, 5) is 28.9. The Balaban J connectivity index is 1.51. The number of ether oxygens (including phenoxy) is 1. The molecule has 1 N–H and O–H groups in total. The van der Waals surface area contributed by atoms with E-state index in [1.54, 1.807) is 16.8 Å². The maximum absolute atomic E-state index is 13.6. The average Bonchev–Trinajstić information content (AvgIpc) is 3.71. The van der Waals surface area contributed by atoms with E-state index >= 15 is 0 Å². The Labute approximate surface area is 210 Å². The van der Waals surface area contributed by atoms with Crippen LogP contribution in [0.25, 0.3) is 10.9 Å². The van der Waals surface area contributed by atoms with Gasteiger partial charge in [0.05, 0.1) is 24.1 Å². The zero-order valence-corrected chi connectivity index (χ0v) is 21.0. The van der Waals surface area contributed by atoms with Gasteiger partial charge in [-0.3, -0.25) is 19.2 Å². The van der Waals surface area contributed by atoms with Gasteiger partial charge in [-0.15, -0.1) is 0 Å². The SMILES string of the molecule is CC(c1cc(CN2CCOCC2)cc2c(=O)c(C(=O)NCc3ccc(Cl)cc3)nn(C)c12)C1CC1. The molecular formula is C27H31ClN4O3. The largest absolute Gasteiger partial charge is 0.379 e. The van der Waals surface area contributed by atoms with Crippen LogP contribution in [0.15, 0.2) is 41.2 Å². The molecule has 0 spiro atoms. The molecule has 1 saturated carbocycles. The highest BCUT2D eigenvalue weighted by Gasteiger charge is 2.31. The molecule has 2 heterocycles. The zero-order valence-electron chi connectivity index (χ0n) is 20.2. The molecule has 7 nitrogen and oxygen atoms in total. The average molecular weight is 495 g/mol. The maximum Gasteiger partial charge on any atom is 0.276 e. The topological polar surface area (TPSA) is 76.5 Å². The van der Waals surface area contributed by atoms with Gasteiger partial charge in [-0.2, -0.15) is 5.10 Å². The number of benzene rings is 2. The summed E-state index contributed by atoms with van der Waals surface area (Å²) in [6.07, 6.45) is 2.42. The number of amides is 1. The highest BCUT2D eigenvalue weighted by Crippen LogP contribution is 2.44. The first-order valence-electron chi connectivity index (χ1n) is 12.3. The van der Waals surface area contributed by atoms with Gasteiger partial charge in [-0.1, -0.05) is 36.7 Å². The second kappa shape index (κ2) is 10.1. The fourth-order valence-corrected chi connectivity index (χ4v) is 5.08. The summed E-state index contributed by atoms with van der Waals surface area (Å²) in [5.41, 5.74) is 3.57. The predicted octanol–water partition coefficient (Wildman–Crippen LogP) is 3.86. The Morgan fingerprint density at radius 1 is 1.17 bits per heavy atom. The first-order chi connectivity index (χ1) is 16.9. The number of hydrogen-bond acceptors (Lipinski definition) is 5. The van der Waals surface area contributed by atoms with Crippen molar-refractivity contribution in [2.45, 2.75) is 38.8 Å². The number of carbonyl (C=O) groups is 1. The summed E-state index contributed by atoms with van der Waals surface area (Å²) >= 11 is 5.95.